The van der Waals surface area contributed by atoms with Crippen molar-refractivity contribution in [3.05, 3.63) is 35.5 Å². The van der Waals surface area contributed by atoms with Crippen LogP contribution in [0.15, 0.2) is 24.4 Å². The van der Waals surface area contributed by atoms with Crippen LogP contribution in [0.3, 0.4) is 0 Å². The van der Waals surface area contributed by atoms with E-state index in [2.05, 4.69) is 38.8 Å². The van der Waals surface area contributed by atoms with Gasteiger partial charge >= 0.3 is 6.01 Å². The van der Waals surface area contributed by atoms with Gasteiger partial charge < -0.3 is 19.5 Å². The quantitative estimate of drug-likeness (QED) is 0.522. The minimum atomic E-state index is -0.278. The highest BCUT2D eigenvalue weighted by molar-refractivity contribution is 5.82. The number of nitrogens with zero attached hydrogens (tertiary/aromatic N) is 6. The summed E-state index contributed by atoms with van der Waals surface area (Å²) >= 11 is 0. The maximum absolute atomic E-state index is 9.71. The lowest BCUT2D eigenvalue weighted by Crippen LogP contribution is -2.48. The first-order chi connectivity index (χ1) is 18.0. The molecule has 5 heterocycles. The largest absolute Gasteiger partial charge is 0.467 e. The second kappa shape index (κ2) is 10.2. The third-order valence-corrected chi connectivity index (χ3v) is 8.38. The monoisotopic (exact) mass is 506 g/mol. The minimum Gasteiger partial charge on any atom is -0.467 e. The Morgan fingerprint density at radius 2 is 1.89 bits per heavy atom. The van der Waals surface area contributed by atoms with Gasteiger partial charge in [0, 0.05) is 37.2 Å². The van der Waals surface area contributed by atoms with Gasteiger partial charge in [-0.15, -0.1) is 0 Å². The molecule has 6 rings (SSSR count). The van der Waals surface area contributed by atoms with Gasteiger partial charge in [-0.25, -0.2) is 4.68 Å². The molecule has 2 atom stereocenters. The van der Waals surface area contributed by atoms with Gasteiger partial charge in [0.15, 0.2) is 5.82 Å². The Labute approximate surface area is 218 Å². The van der Waals surface area contributed by atoms with E-state index in [1.807, 2.05) is 23.9 Å². The molecule has 0 bridgehead atoms. The number of fused-ring (bicyclic) bond motifs is 1. The number of ether oxygens (including phenoxy) is 2. The predicted molar refractivity (Wildman–Crippen MR) is 143 cm³/mol. The third kappa shape index (κ3) is 4.92. The van der Waals surface area contributed by atoms with Crippen LogP contribution in [-0.4, -0.2) is 88.4 Å². The van der Waals surface area contributed by atoms with Crippen molar-refractivity contribution in [2.45, 2.75) is 57.6 Å². The Hall–Kier alpha value is -2.75. The van der Waals surface area contributed by atoms with E-state index < -0.39 is 0 Å². The van der Waals surface area contributed by atoms with Crippen LogP contribution in [0.4, 0.5) is 5.82 Å². The molecule has 0 aliphatic carbocycles. The number of likely N-dealkylation sites (tertiary alicyclic amines) is 1. The summed E-state index contributed by atoms with van der Waals surface area (Å²) in [6.45, 7) is 9.88. The third-order valence-electron chi connectivity index (χ3n) is 8.38. The smallest absolute Gasteiger partial charge is 0.320 e. The number of methoxy groups -OCH3 is 1. The Kier molecular flexibility index (Phi) is 6.77. The van der Waals surface area contributed by atoms with Crippen molar-refractivity contribution in [3.8, 4) is 11.8 Å². The Balaban J connectivity index is 1.26. The van der Waals surface area contributed by atoms with Crippen LogP contribution in [0.25, 0.3) is 16.7 Å². The van der Waals surface area contributed by atoms with Gasteiger partial charge in [-0.2, -0.15) is 15.1 Å². The number of aromatic nitrogens is 4. The molecular weight excluding hydrogens is 468 g/mol. The number of piperidine rings is 1. The molecule has 2 unspecified atom stereocenters. The second-order valence-corrected chi connectivity index (χ2v) is 11.1. The van der Waals surface area contributed by atoms with E-state index in [1.165, 1.54) is 24.0 Å². The fourth-order valence-corrected chi connectivity index (χ4v) is 6.36. The number of aliphatic hydroxyl groups excluding tert-OH is 1. The highest BCUT2D eigenvalue weighted by Crippen LogP contribution is 2.35. The number of aliphatic hydroxyl groups is 1. The number of benzene rings is 1. The second-order valence-electron chi connectivity index (χ2n) is 11.1. The van der Waals surface area contributed by atoms with Crippen LogP contribution in [0, 0.1) is 12.8 Å². The summed E-state index contributed by atoms with van der Waals surface area (Å²) in [7, 11) is 1.60. The molecule has 3 aliphatic rings. The van der Waals surface area contributed by atoms with Crippen molar-refractivity contribution in [2.75, 3.05) is 51.4 Å². The lowest BCUT2D eigenvalue weighted by molar-refractivity contribution is 0.122. The van der Waals surface area contributed by atoms with Crippen LogP contribution in [0.2, 0.25) is 0 Å². The predicted octanol–water partition coefficient (Wildman–Crippen LogP) is 3.31. The van der Waals surface area contributed by atoms with Crippen LogP contribution < -0.4 is 9.64 Å². The van der Waals surface area contributed by atoms with E-state index in [0.29, 0.717) is 29.7 Å². The molecule has 0 radical (unpaired) electrons. The van der Waals surface area contributed by atoms with Gasteiger partial charge in [-0.1, -0.05) is 0 Å². The van der Waals surface area contributed by atoms with E-state index in [1.54, 1.807) is 7.11 Å². The number of rotatable bonds is 7. The summed E-state index contributed by atoms with van der Waals surface area (Å²) < 4.78 is 13.0. The summed E-state index contributed by atoms with van der Waals surface area (Å²) in [5, 5.41) is 15.6. The lowest BCUT2D eigenvalue weighted by atomic mass is 9.86. The molecule has 9 nitrogen and oxygen atoms in total. The first-order valence-electron chi connectivity index (χ1n) is 13.6. The molecule has 3 aliphatic heterocycles. The molecule has 3 fully saturated rings. The van der Waals surface area contributed by atoms with Crippen LogP contribution in [0.5, 0.6) is 6.01 Å². The van der Waals surface area contributed by atoms with Crippen LogP contribution >= 0.6 is 0 Å². The van der Waals surface area contributed by atoms with Crippen molar-refractivity contribution in [1.82, 2.24) is 24.6 Å². The first-order valence-corrected chi connectivity index (χ1v) is 13.6. The van der Waals surface area contributed by atoms with Crippen molar-refractivity contribution in [3.63, 3.8) is 0 Å². The molecule has 2 aromatic heterocycles. The van der Waals surface area contributed by atoms with Gasteiger partial charge in [0.05, 0.1) is 31.5 Å². The van der Waals surface area contributed by atoms with E-state index in [0.717, 1.165) is 69.0 Å². The van der Waals surface area contributed by atoms with Gasteiger partial charge in [-0.05, 0) is 87.7 Å². The molecule has 3 saturated heterocycles. The normalized spacial score (nSPS) is 22.5. The highest BCUT2D eigenvalue weighted by atomic mass is 16.5. The number of aryl methyl sites for hydroxylation is 1. The highest BCUT2D eigenvalue weighted by Gasteiger charge is 2.31. The van der Waals surface area contributed by atoms with Gasteiger partial charge in [0.25, 0.3) is 0 Å². The summed E-state index contributed by atoms with van der Waals surface area (Å²) in [4.78, 5) is 14.1. The number of hydrogen-bond donors (Lipinski definition) is 1. The zero-order valence-corrected chi connectivity index (χ0v) is 22.1. The Morgan fingerprint density at radius 1 is 1.11 bits per heavy atom. The molecular formula is C28H38N6O3. The summed E-state index contributed by atoms with van der Waals surface area (Å²) in [6, 6.07) is 7.52. The zero-order valence-electron chi connectivity index (χ0n) is 22.1. The maximum atomic E-state index is 9.71. The standard InChI is InChI=1S/C28H38N6O3/c1-18-10-22-14-29-34(25(22)12-24(18)21-4-7-32(8-5-21)23-6-9-37-17-23)27-13-26(30-28(31-27)36-3)33-15-20(16-33)11-19(2)35/h10,12-14,19-21,23,35H,4-9,11,15-17H2,1-3H3. The SMILES string of the molecule is COc1nc(N2CC(CC(C)O)C2)cc(-n2ncc3cc(C)c(C4CCN(C5CCOC5)CC4)cc32)n1. The molecule has 0 spiro atoms. The van der Waals surface area contributed by atoms with E-state index in [4.69, 9.17) is 14.6 Å². The Bertz CT molecular complexity index is 1240. The lowest BCUT2D eigenvalue weighted by Gasteiger charge is -2.40. The minimum absolute atomic E-state index is 0.278. The van der Waals surface area contributed by atoms with Crippen molar-refractivity contribution < 1.29 is 14.6 Å². The van der Waals surface area contributed by atoms with Crippen molar-refractivity contribution in [1.29, 1.82) is 0 Å². The summed E-state index contributed by atoms with van der Waals surface area (Å²) in [5.41, 5.74) is 3.82. The number of anilines is 1. The molecule has 3 aromatic rings. The van der Waals surface area contributed by atoms with Gasteiger partial charge in [-0.3, -0.25) is 4.90 Å². The van der Waals surface area contributed by atoms with E-state index >= 15 is 0 Å². The number of hydrogen-bond acceptors (Lipinski definition) is 8. The van der Waals surface area contributed by atoms with E-state index in [-0.39, 0.29) is 6.10 Å². The van der Waals surface area contributed by atoms with E-state index in [9.17, 15) is 5.11 Å². The summed E-state index contributed by atoms with van der Waals surface area (Å²) in [6.07, 6.45) is 5.96. The van der Waals surface area contributed by atoms with Gasteiger partial charge in [0.2, 0.25) is 0 Å². The molecule has 0 saturated carbocycles. The average molecular weight is 507 g/mol. The maximum Gasteiger partial charge on any atom is 0.320 e. The topological polar surface area (TPSA) is 88.8 Å². The van der Waals surface area contributed by atoms with Gasteiger partial charge in [0.1, 0.15) is 5.82 Å². The first kappa shape index (κ1) is 24.6. The fraction of sp³-hybridized carbons (Fsp3) is 0.607. The molecule has 1 aromatic carbocycles. The molecule has 0 amide bonds. The molecule has 37 heavy (non-hydrogen) atoms. The van der Waals surface area contributed by atoms with Crippen LogP contribution in [0.1, 0.15) is 49.7 Å². The van der Waals surface area contributed by atoms with Crippen LogP contribution in [-0.2, 0) is 4.74 Å². The molecule has 1 N–H and O–H groups in total. The summed E-state index contributed by atoms with van der Waals surface area (Å²) in [5.74, 6) is 2.58. The fourth-order valence-electron chi connectivity index (χ4n) is 6.36. The molecule has 198 valence electrons. The zero-order chi connectivity index (χ0) is 25.5. The van der Waals surface area contributed by atoms with Crippen molar-refractivity contribution in [2.24, 2.45) is 5.92 Å². The Morgan fingerprint density at radius 3 is 2.59 bits per heavy atom. The van der Waals surface area contributed by atoms with Crippen molar-refractivity contribution >= 4 is 16.7 Å². The average Bonchev–Trinajstić information content (AvgIpc) is 3.55. The molecule has 9 heteroatoms.